The lowest BCUT2D eigenvalue weighted by Crippen LogP contribution is -2.04. The molecule has 3 heteroatoms. The van der Waals surface area contributed by atoms with Gasteiger partial charge in [-0.1, -0.05) is 6.07 Å². The van der Waals surface area contributed by atoms with Crippen molar-refractivity contribution < 1.29 is 9.90 Å². The van der Waals surface area contributed by atoms with E-state index in [1.165, 1.54) is 18.3 Å². The molecule has 0 saturated carbocycles. The molecule has 0 spiro atoms. The predicted molar refractivity (Wildman–Crippen MR) is 40.0 cm³/mol. The molecule has 0 bridgehead atoms. The average Bonchev–Trinajstić information content (AvgIpc) is 2.36. The number of hydrogen-bond donors (Lipinski definition) is 1. The van der Waals surface area contributed by atoms with Crippen molar-refractivity contribution in [3.63, 3.8) is 0 Å². The highest BCUT2D eigenvalue weighted by Gasteiger charge is 2.12. The summed E-state index contributed by atoms with van der Waals surface area (Å²) in [6.07, 6.45) is -0.917. The maximum atomic E-state index is 10.6. The van der Waals surface area contributed by atoms with Crippen LogP contribution in [-0.4, -0.2) is 10.9 Å². The Morgan fingerprint density at radius 2 is 2.50 bits per heavy atom. The van der Waals surface area contributed by atoms with Crippen LogP contribution in [0.5, 0.6) is 0 Å². The van der Waals surface area contributed by atoms with E-state index in [2.05, 4.69) is 0 Å². The highest BCUT2D eigenvalue weighted by molar-refractivity contribution is 7.10. The predicted octanol–water partition coefficient (Wildman–Crippen LogP) is 1.37. The van der Waals surface area contributed by atoms with Crippen LogP contribution in [0.3, 0.4) is 0 Å². The van der Waals surface area contributed by atoms with Crippen LogP contribution < -0.4 is 0 Å². The maximum Gasteiger partial charge on any atom is 0.163 e. The second-order valence-corrected chi connectivity index (χ2v) is 3.01. The second kappa shape index (κ2) is 2.94. The largest absolute Gasteiger partial charge is 0.380 e. The number of carbonyl (C=O) groups excluding carboxylic acids is 1. The highest BCUT2D eigenvalue weighted by atomic mass is 32.1. The molecule has 1 aromatic rings. The smallest absolute Gasteiger partial charge is 0.163 e. The molecule has 0 amide bonds. The van der Waals surface area contributed by atoms with Gasteiger partial charge < -0.3 is 5.11 Å². The fourth-order valence-corrected chi connectivity index (χ4v) is 1.41. The number of ketones is 1. The van der Waals surface area contributed by atoms with Crippen molar-refractivity contribution in [1.82, 2.24) is 0 Å². The molecule has 0 aromatic carbocycles. The van der Waals surface area contributed by atoms with Crippen LogP contribution in [0.4, 0.5) is 0 Å². The van der Waals surface area contributed by atoms with Crippen LogP contribution in [0.2, 0.25) is 0 Å². The molecule has 2 nitrogen and oxygen atoms in total. The molecule has 0 aliphatic heterocycles. The fourth-order valence-electron chi connectivity index (χ4n) is 0.647. The Morgan fingerprint density at radius 1 is 1.80 bits per heavy atom. The molecular weight excluding hydrogens is 148 g/mol. The fraction of sp³-hybridized carbons (Fsp3) is 0.286. The van der Waals surface area contributed by atoms with E-state index in [-0.39, 0.29) is 5.78 Å². The molecule has 1 unspecified atom stereocenters. The number of aliphatic hydroxyl groups excluding tert-OH is 1. The second-order valence-electron chi connectivity index (χ2n) is 2.03. The quantitative estimate of drug-likeness (QED) is 0.702. The van der Waals surface area contributed by atoms with Gasteiger partial charge >= 0.3 is 0 Å². The summed E-state index contributed by atoms with van der Waals surface area (Å²) in [4.78, 5) is 11.3. The first-order valence-corrected chi connectivity index (χ1v) is 3.81. The minimum Gasteiger partial charge on any atom is -0.380 e. The van der Waals surface area contributed by atoms with E-state index in [9.17, 15) is 4.79 Å². The first-order valence-electron chi connectivity index (χ1n) is 2.93. The third-order valence-electron chi connectivity index (χ3n) is 1.20. The Morgan fingerprint density at radius 3 is 2.90 bits per heavy atom. The Bertz CT molecular complexity index is 216. The first kappa shape index (κ1) is 7.44. The van der Waals surface area contributed by atoms with E-state index in [1.54, 1.807) is 6.07 Å². The number of Topliss-reactive ketones (excluding diaryl/α,β-unsaturated/α-hetero) is 1. The summed E-state index contributed by atoms with van der Waals surface area (Å²) >= 11 is 1.39. The van der Waals surface area contributed by atoms with Crippen LogP contribution in [0.15, 0.2) is 17.5 Å². The number of carbonyl (C=O) groups is 1. The highest BCUT2D eigenvalue weighted by Crippen LogP contribution is 2.18. The van der Waals surface area contributed by atoms with Gasteiger partial charge in [-0.15, -0.1) is 11.3 Å². The molecule has 0 saturated heterocycles. The molecule has 1 rings (SSSR count). The van der Waals surface area contributed by atoms with Gasteiger partial charge in [0, 0.05) is 4.88 Å². The molecule has 0 fully saturated rings. The van der Waals surface area contributed by atoms with Gasteiger partial charge in [0.25, 0.3) is 0 Å². The van der Waals surface area contributed by atoms with Gasteiger partial charge in [0.05, 0.1) is 0 Å². The summed E-state index contributed by atoms with van der Waals surface area (Å²) in [6.45, 7) is 1.38. The van der Waals surface area contributed by atoms with Crippen LogP contribution >= 0.6 is 11.3 Å². The summed E-state index contributed by atoms with van der Waals surface area (Å²) in [6, 6.07) is 3.56. The molecule has 54 valence electrons. The molecule has 1 N–H and O–H groups in total. The van der Waals surface area contributed by atoms with Gasteiger partial charge in [-0.2, -0.15) is 0 Å². The monoisotopic (exact) mass is 156 g/mol. The molecule has 10 heavy (non-hydrogen) atoms. The summed E-state index contributed by atoms with van der Waals surface area (Å²) in [5.41, 5.74) is 0. The Balaban J connectivity index is 2.77. The van der Waals surface area contributed by atoms with E-state index >= 15 is 0 Å². The van der Waals surface area contributed by atoms with Crippen molar-refractivity contribution in [3.05, 3.63) is 22.4 Å². The van der Waals surface area contributed by atoms with E-state index in [4.69, 9.17) is 5.11 Å². The van der Waals surface area contributed by atoms with Crippen LogP contribution in [0.25, 0.3) is 0 Å². The SMILES string of the molecule is CC(=O)C(O)c1cccs1. The average molecular weight is 156 g/mol. The molecule has 0 aliphatic carbocycles. The minimum atomic E-state index is -0.917. The van der Waals surface area contributed by atoms with Gasteiger partial charge in [0.2, 0.25) is 0 Å². The minimum absolute atomic E-state index is 0.206. The third kappa shape index (κ3) is 1.43. The van der Waals surface area contributed by atoms with Crippen LogP contribution in [-0.2, 0) is 4.79 Å². The Labute approximate surface area is 63.1 Å². The summed E-state index contributed by atoms with van der Waals surface area (Å²) in [5, 5.41) is 11.0. The van der Waals surface area contributed by atoms with Crippen molar-refractivity contribution in [2.45, 2.75) is 13.0 Å². The molecule has 0 radical (unpaired) electrons. The molecule has 1 heterocycles. The van der Waals surface area contributed by atoms with Crippen molar-refractivity contribution >= 4 is 17.1 Å². The lowest BCUT2D eigenvalue weighted by Gasteiger charge is -2.00. The van der Waals surface area contributed by atoms with Gasteiger partial charge in [-0.05, 0) is 18.4 Å². The zero-order valence-electron chi connectivity index (χ0n) is 5.57. The summed E-state index contributed by atoms with van der Waals surface area (Å²) < 4.78 is 0. The number of rotatable bonds is 2. The van der Waals surface area contributed by atoms with Crippen molar-refractivity contribution in [3.8, 4) is 0 Å². The third-order valence-corrected chi connectivity index (χ3v) is 2.12. The van der Waals surface area contributed by atoms with E-state index in [0.717, 1.165) is 0 Å². The van der Waals surface area contributed by atoms with E-state index in [0.29, 0.717) is 4.88 Å². The lowest BCUT2D eigenvalue weighted by atomic mass is 10.2. The van der Waals surface area contributed by atoms with Crippen molar-refractivity contribution in [2.75, 3.05) is 0 Å². The Hall–Kier alpha value is -0.670. The topological polar surface area (TPSA) is 37.3 Å². The molecule has 1 atom stereocenters. The van der Waals surface area contributed by atoms with Crippen LogP contribution in [0.1, 0.15) is 17.9 Å². The molecular formula is C7H8O2S. The molecule has 0 aliphatic rings. The summed E-state index contributed by atoms with van der Waals surface area (Å²) in [7, 11) is 0. The van der Waals surface area contributed by atoms with Gasteiger partial charge in [-0.3, -0.25) is 4.79 Å². The summed E-state index contributed by atoms with van der Waals surface area (Å²) in [5.74, 6) is -0.206. The molecule has 1 aromatic heterocycles. The Kier molecular flexibility index (Phi) is 2.19. The lowest BCUT2D eigenvalue weighted by molar-refractivity contribution is -0.125. The number of hydrogen-bond acceptors (Lipinski definition) is 3. The number of aliphatic hydroxyl groups is 1. The van der Waals surface area contributed by atoms with Crippen molar-refractivity contribution in [1.29, 1.82) is 0 Å². The van der Waals surface area contributed by atoms with Gasteiger partial charge in [-0.25, -0.2) is 0 Å². The van der Waals surface area contributed by atoms with E-state index in [1.807, 2.05) is 11.4 Å². The van der Waals surface area contributed by atoms with Gasteiger partial charge in [0.15, 0.2) is 5.78 Å². The first-order chi connectivity index (χ1) is 4.72. The van der Waals surface area contributed by atoms with E-state index < -0.39 is 6.10 Å². The van der Waals surface area contributed by atoms with Crippen molar-refractivity contribution in [2.24, 2.45) is 0 Å². The maximum absolute atomic E-state index is 10.6. The van der Waals surface area contributed by atoms with Crippen LogP contribution in [0, 0.1) is 0 Å². The number of thiophene rings is 1. The standard InChI is InChI=1S/C7H8O2S/c1-5(8)7(9)6-3-2-4-10-6/h2-4,7,9H,1H3. The zero-order valence-corrected chi connectivity index (χ0v) is 6.39. The normalized spacial score (nSPS) is 13.0. The zero-order chi connectivity index (χ0) is 7.56. The van der Waals surface area contributed by atoms with Gasteiger partial charge in [0.1, 0.15) is 6.10 Å².